The molecule has 2 amide bonds. The average molecular weight is 247 g/mol. The highest BCUT2D eigenvalue weighted by atomic mass is 16.5. The molecule has 0 aliphatic carbocycles. The summed E-state index contributed by atoms with van der Waals surface area (Å²) < 4.78 is 9.87. The van der Waals surface area contributed by atoms with Crippen molar-refractivity contribution in [1.29, 1.82) is 0 Å². The van der Waals surface area contributed by atoms with Gasteiger partial charge >= 0.3 is 0 Å². The van der Waals surface area contributed by atoms with Gasteiger partial charge in [0.15, 0.2) is 5.76 Å². The SMILES string of the molecule is COC1=CC(=O)N(Cc2ccc(OC)cc2)C1=O. The number of hydrogen-bond donors (Lipinski definition) is 0. The average Bonchev–Trinajstić information content (AvgIpc) is 2.67. The van der Waals surface area contributed by atoms with E-state index in [0.29, 0.717) is 0 Å². The van der Waals surface area contributed by atoms with Gasteiger partial charge in [-0.15, -0.1) is 0 Å². The molecule has 0 N–H and O–H groups in total. The quantitative estimate of drug-likeness (QED) is 0.747. The van der Waals surface area contributed by atoms with Crippen LogP contribution < -0.4 is 4.74 Å². The highest BCUT2D eigenvalue weighted by Gasteiger charge is 2.31. The van der Waals surface area contributed by atoms with Crippen LogP contribution in [0.15, 0.2) is 36.1 Å². The first-order valence-corrected chi connectivity index (χ1v) is 5.40. The van der Waals surface area contributed by atoms with Crippen LogP contribution in [-0.4, -0.2) is 30.9 Å². The molecular formula is C13H13NO4. The molecule has 1 aromatic rings. The number of imide groups is 1. The van der Waals surface area contributed by atoms with Crippen molar-refractivity contribution in [1.82, 2.24) is 4.90 Å². The zero-order chi connectivity index (χ0) is 13.1. The maximum absolute atomic E-state index is 11.8. The zero-order valence-electron chi connectivity index (χ0n) is 10.2. The van der Waals surface area contributed by atoms with Crippen molar-refractivity contribution >= 4 is 11.8 Å². The number of amides is 2. The first kappa shape index (κ1) is 12.2. The van der Waals surface area contributed by atoms with Gasteiger partial charge in [-0.2, -0.15) is 0 Å². The molecule has 1 aliphatic rings. The smallest absolute Gasteiger partial charge is 0.296 e. The molecule has 5 nitrogen and oxygen atoms in total. The molecule has 0 radical (unpaired) electrons. The van der Waals surface area contributed by atoms with Gasteiger partial charge in [0, 0.05) is 0 Å². The lowest BCUT2D eigenvalue weighted by molar-refractivity contribution is -0.139. The number of carbonyl (C=O) groups excluding carboxylic acids is 2. The maximum Gasteiger partial charge on any atom is 0.296 e. The summed E-state index contributed by atoms with van der Waals surface area (Å²) in [4.78, 5) is 24.5. The van der Waals surface area contributed by atoms with Gasteiger partial charge in [-0.3, -0.25) is 14.5 Å². The molecule has 2 rings (SSSR count). The van der Waals surface area contributed by atoms with Crippen LogP contribution in [0.3, 0.4) is 0 Å². The summed E-state index contributed by atoms with van der Waals surface area (Å²) >= 11 is 0. The van der Waals surface area contributed by atoms with E-state index in [1.807, 2.05) is 12.1 Å². The van der Waals surface area contributed by atoms with Gasteiger partial charge in [0.05, 0.1) is 26.8 Å². The molecule has 94 valence electrons. The second-order valence-electron chi connectivity index (χ2n) is 3.79. The lowest BCUT2D eigenvalue weighted by Crippen LogP contribution is -2.30. The van der Waals surface area contributed by atoms with Gasteiger partial charge in [0.1, 0.15) is 5.75 Å². The van der Waals surface area contributed by atoms with Gasteiger partial charge in [0.2, 0.25) is 0 Å². The molecule has 1 aliphatic heterocycles. The standard InChI is InChI=1S/C13H13NO4/c1-17-10-5-3-9(4-6-10)8-14-12(15)7-11(18-2)13(14)16/h3-7H,8H2,1-2H3. The van der Waals surface area contributed by atoms with Crippen LogP contribution in [0.1, 0.15) is 5.56 Å². The molecule has 0 bridgehead atoms. The third-order valence-electron chi connectivity index (χ3n) is 2.70. The zero-order valence-corrected chi connectivity index (χ0v) is 10.2. The van der Waals surface area contributed by atoms with E-state index in [1.54, 1.807) is 19.2 Å². The van der Waals surface area contributed by atoms with Gasteiger partial charge in [0.25, 0.3) is 11.8 Å². The third kappa shape index (κ3) is 2.20. The van der Waals surface area contributed by atoms with Crippen molar-refractivity contribution in [2.75, 3.05) is 14.2 Å². The lowest BCUT2D eigenvalue weighted by atomic mass is 10.2. The summed E-state index contributed by atoms with van der Waals surface area (Å²) in [6.45, 7) is 0.227. The van der Waals surface area contributed by atoms with E-state index in [0.717, 1.165) is 16.2 Å². The Kier molecular flexibility index (Phi) is 3.32. The van der Waals surface area contributed by atoms with Gasteiger partial charge in [-0.1, -0.05) is 12.1 Å². The summed E-state index contributed by atoms with van der Waals surface area (Å²) in [5.74, 6) is 0.0491. The monoisotopic (exact) mass is 247 g/mol. The molecule has 18 heavy (non-hydrogen) atoms. The molecule has 0 saturated carbocycles. The first-order chi connectivity index (χ1) is 8.65. The molecule has 0 fully saturated rings. The Morgan fingerprint density at radius 1 is 1.06 bits per heavy atom. The second-order valence-corrected chi connectivity index (χ2v) is 3.79. The van der Waals surface area contributed by atoms with Crippen molar-refractivity contribution in [2.45, 2.75) is 6.54 Å². The van der Waals surface area contributed by atoms with Crippen LogP contribution in [0.5, 0.6) is 5.75 Å². The van der Waals surface area contributed by atoms with Crippen molar-refractivity contribution < 1.29 is 19.1 Å². The first-order valence-electron chi connectivity index (χ1n) is 5.40. The Bertz CT molecular complexity index is 504. The third-order valence-corrected chi connectivity index (χ3v) is 2.70. The Labute approximate surface area is 105 Å². The van der Waals surface area contributed by atoms with Crippen molar-refractivity contribution in [3.63, 3.8) is 0 Å². The summed E-state index contributed by atoms with van der Waals surface area (Å²) in [5, 5.41) is 0. The van der Waals surface area contributed by atoms with E-state index in [9.17, 15) is 9.59 Å². The predicted molar refractivity (Wildman–Crippen MR) is 63.6 cm³/mol. The van der Waals surface area contributed by atoms with E-state index in [-0.39, 0.29) is 18.2 Å². The number of methoxy groups -OCH3 is 2. The number of benzene rings is 1. The molecule has 1 aromatic carbocycles. The van der Waals surface area contributed by atoms with Crippen LogP contribution in [0.25, 0.3) is 0 Å². The largest absolute Gasteiger partial charge is 0.497 e. The molecular weight excluding hydrogens is 234 g/mol. The molecule has 0 spiro atoms. The minimum Gasteiger partial charge on any atom is -0.497 e. The Morgan fingerprint density at radius 2 is 1.72 bits per heavy atom. The number of ether oxygens (including phenoxy) is 2. The molecule has 0 aromatic heterocycles. The van der Waals surface area contributed by atoms with Crippen LogP contribution in [-0.2, 0) is 20.9 Å². The minimum absolute atomic E-state index is 0.0773. The number of hydrogen-bond acceptors (Lipinski definition) is 4. The number of carbonyl (C=O) groups is 2. The van der Waals surface area contributed by atoms with Crippen LogP contribution >= 0.6 is 0 Å². The summed E-state index contributed by atoms with van der Waals surface area (Å²) in [6.07, 6.45) is 1.20. The van der Waals surface area contributed by atoms with Gasteiger partial charge in [-0.05, 0) is 17.7 Å². The van der Waals surface area contributed by atoms with E-state index in [2.05, 4.69) is 0 Å². The highest BCUT2D eigenvalue weighted by Crippen LogP contribution is 2.18. The van der Waals surface area contributed by atoms with Crippen LogP contribution in [0.4, 0.5) is 0 Å². The Balaban J connectivity index is 2.10. The molecule has 0 unspecified atom stereocenters. The Morgan fingerprint density at radius 3 is 2.22 bits per heavy atom. The molecule has 5 heteroatoms. The molecule has 0 saturated heterocycles. The maximum atomic E-state index is 11.8. The van der Waals surface area contributed by atoms with Crippen LogP contribution in [0, 0.1) is 0 Å². The van der Waals surface area contributed by atoms with Gasteiger partial charge in [-0.25, -0.2) is 0 Å². The second kappa shape index (κ2) is 4.91. The number of rotatable bonds is 4. The highest BCUT2D eigenvalue weighted by molar-refractivity contribution is 6.15. The number of nitrogens with zero attached hydrogens (tertiary/aromatic N) is 1. The topological polar surface area (TPSA) is 55.8 Å². The fraction of sp³-hybridized carbons (Fsp3) is 0.231. The van der Waals surface area contributed by atoms with Crippen molar-refractivity contribution in [2.24, 2.45) is 0 Å². The predicted octanol–water partition coefficient (Wildman–Crippen LogP) is 1.09. The van der Waals surface area contributed by atoms with Crippen molar-refractivity contribution in [3.8, 4) is 5.75 Å². The van der Waals surface area contributed by atoms with E-state index < -0.39 is 5.91 Å². The van der Waals surface area contributed by atoms with Crippen molar-refractivity contribution in [3.05, 3.63) is 41.7 Å². The summed E-state index contributed by atoms with van der Waals surface area (Å²) in [6, 6.07) is 7.18. The Hall–Kier alpha value is -2.30. The fourth-order valence-electron chi connectivity index (χ4n) is 1.69. The normalized spacial score (nSPS) is 14.8. The fourth-order valence-corrected chi connectivity index (χ4v) is 1.69. The van der Waals surface area contributed by atoms with E-state index >= 15 is 0 Å². The van der Waals surface area contributed by atoms with Crippen LogP contribution in [0.2, 0.25) is 0 Å². The van der Waals surface area contributed by atoms with E-state index in [1.165, 1.54) is 13.2 Å². The summed E-state index contributed by atoms with van der Waals surface area (Å²) in [5.41, 5.74) is 0.850. The lowest BCUT2D eigenvalue weighted by Gasteiger charge is -2.14. The van der Waals surface area contributed by atoms with Gasteiger partial charge < -0.3 is 9.47 Å². The molecule has 0 atom stereocenters. The van der Waals surface area contributed by atoms with E-state index in [4.69, 9.17) is 9.47 Å². The summed E-state index contributed by atoms with van der Waals surface area (Å²) in [7, 11) is 2.95. The molecule has 1 heterocycles. The minimum atomic E-state index is -0.404.